The number of benzene rings is 1. The fraction of sp³-hybridized carbons (Fsp3) is 0.545. The maximum Gasteiger partial charge on any atom is 0.112 e. The van der Waals surface area contributed by atoms with Gasteiger partial charge in [0.1, 0.15) is 5.76 Å². The molecule has 3 nitrogen and oxygen atoms in total. The second-order valence-electron chi connectivity index (χ2n) is 8.15. The molecular formula is C22H32N2OS. The van der Waals surface area contributed by atoms with Crippen LogP contribution in [0.15, 0.2) is 42.2 Å². The van der Waals surface area contributed by atoms with Gasteiger partial charge >= 0.3 is 0 Å². The van der Waals surface area contributed by atoms with Crippen molar-refractivity contribution in [3.05, 3.63) is 47.7 Å². The number of rotatable bonds is 3. The molecule has 0 aliphatic carbocycles. The standard InChI is InChI=1S/C22H32N2OS/c1-17(25)20-9-11-22(2,3)10-4-16-26-21(20)18-5-7-19(8-6-18)24-14-12-23-13-15-24/h5-8,23,25H,1,4,9-16H2,2-3H3/b21-20+. The normalized spacial score (nSPS) is 24.5. The van der Waals surface area contributed by atoms with Gasteiger partial charge in [0.2, 0.25) is 0 Å². The van der Waals surface area contributed by atoms with E-state index in [0.717, 1.165) is 50.3 Å². The van der Waals surface area contributed by atoms with E-state index in [4.69, 9.17) is 0 Å². The van der Waals surface area contributed by atoms with Crippen molar-refractivity contribution in [1.82, 2.24) is 5.32 Å². The SMILES string of the molecule is C=C(O)/C1=C(\c2ccc(N3CCNCC3)cc2)SCCCC(C)(C)CC1. The van der Waals surface area contributed by atoms with Gasteiger partial charge < -0.3 is 15.3 Å². The highest BCUT2D eigenvalue weighted by Crippen LogP contribution is 2.41. The second-order valence-corrected chi connectivity index (χ2v) is 9.26. The third-order valence-electron chi connectivity index (χ3n) is 5.53. The number of aliphatic hydroxyl groups excluding tert-OH is 1. The Morgan fingerprint density at radius 3 is 2.50 bits per heavy atom. The van der Waals surface area contributed by atoms with E-state index >= 15 is 0 Å². The smallest absolute Gasteiger partial charge is 0.112 e. The van der Waals surface area contributed by atoms with Crippen molar-refractivity contribution in [2.75, 3.05) is 36.8 Å². The molecule has 1 aromatic carbocycles. The number of hydrogen-bond donors (Lipinski definition) is 2. The number of nitrogens with zero attached hydrogens (tertiary/aromatic N) is 1. The van der Waals surface area contributed by atoms with Crippen molar-refractivity contribution < 1.29 is 5.11 Å². The Balaban J connectivity index is 1.87. The second kappa shape index (κ2) is 8.53. The zero-order valence-electron chi connectivity index (χ0n) is 16.2. The van der Waals surface area contributed by atoms with Crippen LogP contribution in [0.25, 0.3) is 4.91 Å². The van der Waals surface area contributed by atoms with E-state index in [1.165, 1.54) is 29.0 Å². The summed E-state index contributed by atoms with van der Waals surface area (Å²) in [7, 11) is 0. The van der Waals surface area contributed by atoms with Gasteiger partial charge in [0, 0.05) is 42.3 Å². The third-order valence-corrected chi connectivity index (χ3v) is 6.79. The molecular weight excluding hydrogens is 340 g/mol. The lowest BCUT2D eigenvalue weighted by molar-refractivity contribution is 0.303. The van der Waals surface area contributed by atoms with Crippen LogP contribution < -0.4 is 10.2 Å². The first-order valence-corrected chi connectivity index (χ1v) is 10.8. The Morgan fingerprint density at radius 2 is 1.85 bits per heavy atom. The summed E-state index contributed by atoms with van der Waals surface area (Å²) in [5.74, 6) is 1.33. The minimum atomic E-state index is 0.233. The fourth-order valence-electron chi connectivity index (χ4n) is 3.79. The van der Waals surface area contributed by atoms with Crippen molar-refractivity contribution in [3.63, 3.8) is 0 Å². The summed E-state index contributed by atoms with van der Waals surface area (Å²) in [6, 6.07) is 8.88. The Bertz CT molecular complexity index is 657. The van der Waals surface area contributed by atoms with Crippen molar-refractivity contribution in [2.45, 2.75) is 39.5 Å². The van der Waals surface area contributed by atoms with Crippen LogP contribution in [0.5, 0.6) is 0 Å². The predicted molar refractivity (Wildman–Crippen MR) is 115 cm³/mol. The van der Waals surface area contributed by atoms with E-state index in [1.807, 2.05) is 11.8 Å². The molecule has 2 aliphatic heterocycles. The van der Waals surface area contributed by atoms with Crippen LogP contribution in [0.3, 0.4) is 0 Å². The molecule has 0 amide bonds. The van der Waals surface area contributed by atoms with Gasteiger partial charge in [-0.2, -0.15) is 0 Å². The molecule has 3 rings (SSSR count). The highest BCUT2D eigenvalue weighted by molar-refractivity contribution is 8.08. The molecule has 1 saturated heterocycles. The zero-order chi connectivity index (χ0) is 18.6. The van der Waals surface area contributed by atoms with Crippen molar-refractivity contribution in [3.8, 4) is 0 Å². The maximum atomic E-state index is 10.3. The molecule has 0 bridgehead atoms. The molecule has 0 saturated carbocycles. The van der Waals surface area contributed by atoms with Gasteiger partial charge in [-0.05, 0) is 54.5 Å². The van der Waals surface area contributed by atoms with Crippen LogP contribution in [-0.4, -0.2) is 37.0 Å². The summed E-state index contributed by atoms with van der Waals surface area (Å²) in [5.41, 5.74) is 3.84. The predicted octanol–water partition coefficient (Wildman–Crippen LogP) is 5.21. The molecule has 0 unspecified atom stereocenters. The number of allylic oxidation sites excluding steroid dienone is 1. The van der Waals surface area contributed by atoms with E-state index in [-0.39, 0.29) is 5.76 Å². The van der Waals surface area contributed by atoms with Gasteiger partial charge in [0.25, 0.3) is 0 Å². The lowest BCUT2D eigenvalue weighted by atomic mass is 9.82. The third kappa shape index (κ3) is 4.86. The van der Waals surface area contributed by atoms with E-state index < -0.39 is 0 Å². The van der Waals surface area contributed by atoms with Gasteiger partial charge in [0.05, 0.1) is 0 Å². The molecule has 0 aromatic heterocycles. The Kier molecular flexibility index (Phi) is 6.36. The maximum absolute atomic E-state index is 10.3. The molecule has 1 aromatic rings. The minimum Gasteiger partial charge on any atom is -0.508 e. The molecule has 2 aliphatic rings. The van der Waals surface area contributed by atoms with Crippen LogP contribution in [0.1, 0.15) is 45.1 Å². The Morgan fingerprint density at radius 1 is 1.15 bits per heavy atom. The molecule has 1 fully saturated rings. The van der Waals surface area contributed by atoms with E-state index in [1.54, 1.807) is 0 Å². The average molecular weight is 373 g/mol. The molecule has 26 heavy (non-hydrogen) atoms. The summed E-state index contributed by atoms with van der Waals surface area (Å²) >= 11 is 1.88. The Labute approximate surface area is 162 Å². The van der Waals surface area contributed by atoms with Crippen molar-refractivity contribution in [1.29, 1.82) is 0 Å². The van der Waals surface area contributed by atoms with Crippen molar-refractivity contribution in [2.24, 2.45) is 5.41 Å². The molecule has 0 atom stereocenters. The highest BCUT2D eigenvalue weighted by Gasteiger charge is 2.23. The number of nitrogens with one attached hydrogen (secondary N) is 1. The van der Waals surface area contributed by atoms with E-state index in [9.17, 15) is 5.11 Å². The van der Waals surface area contributed by atoms with Gasteiger partial charge in [0.15, 0.2) is 0 Å². The van der Waals surface area contributed by atoms with Gasteiger partial charge in [-0.1, -0.05) is 32.6 Å². The summed E-state index contributed by atoms with van der Waals surface area (Å²) in [5, 5.41) is 13.7. The van der Waals surface area contributed by atoms with Crippen LogP contribution >= 0.6 is 11.8 Å². The van der Waals surface area contributed by atoms with E-state index in [2.05, 4.69) is 54.9 Å². The first-order chi connectivity index (χ1) is 12.5. The average Bonchev–Trinajstić information content (AvgIpc) is 2.71. The lowest BCUT2D eigenvalue weighted by Gasteiger charge is -2.29. The van der Waals surface area contributed by atoms with E-state index in [0.29, 0.717) is 5.41 Å². The molecule has 2 heterocycles. The van der Waals surface area contributed by atoms with Gasteiger partial charge in [-0.25, -0.2) is 0 Å². The summed E-state index contributed by atoms with van der Waals surface area (Å²) in [4.78, 5) is 3.64. The van der Waals surface area contributed by atoms with Crippen LogP contribution in [0.4, 0.5) is 5.69 Å². The molecule has 2 N–H and O–H groups in total. The fourth-order valence-corrected chi connectivity index (χ4v) is 4.98. The first kappa shape index (κ1) is 19.4. The van der Waals surface area contributed by atoms with Crippen LogP contribution in [0, 0.1) is 5.41 Å². The van der Waals surface area contributed by atoms with Crippen LogP contribution in [0.2, 0.25) is 0 Å². The molecule has 142 valence electrons. The summed E-state index contributed by atoms with van der Waals surface area (Å²) < 4.78 is 0. The summed E-state index contributed by atoms with van der Waals surface area (Å²) in [6.45, 7) is 12.8. The van der Waals surface area contributed by atoms with Gasteiger partial charge in [-0.3, -0.25) is 0 Å². The van der Waals surface area contributed by atoms with Crippen LogP contribution in [-0.2, 0) is 0 Å². The number of aliphatic hydroxyl groups is 1. The van der Waals surface area contributed by atoms with Gasteiger partial charge in [-0.15, -0.1) is 11.8 Å². The van der Waals surface area contributed by atoms with Crippen molar-refractivity contribution >= 4 is 22.4 Å². The molecule has 0 spiro atoms. The summed E-state index contributed by atoms with van der Waals surface area (Å²) in [6.07, 6.45) is 4.43. The number of anilines is 1. The largest absolute Gasteiger partial charge is 0.508 e. The topological polar surface area (TPSA) is 35.5 Å². The number of thioether (sulfide) groups is 1. The minimum absolute atomic E-state index is 0.233. The number of piperazine rings is 1. The zero-order valence-corrected chi connectivity index (χ0v) is 17.0. The lowest BCUT2D eigenvalue weighted by Crippen LogP contribution is -2.43. The highest BCUT2D eigenvalue weighted by atomic mass is 32.2. The quantitative estimate of drug-likeness (QED) is 0.714. The molecule has 4 heteroatoms. The monoisotopic (exact) mass is 372 g/mol. The molecule has 0 radical (unpaired) electrons. The Hall–Kier alpha value is -1.39. The first-order valence-electron chi connectivity index (χ1n) is 9.77. The number of hydrogen-bond acceptors (Lipinski definition) is 4.